The number of unbranched alkanes of at least 4 members (excludes halogenated alkanes) is 3. The Bertz CT molecular complexity index is 543. The lowest BCUT2D eigenvalue weighted by Gasteiger charge is -2.15. The lowest BCUT2D eigenvalue weighted by Crippen LogP contribution is -2.25. The van der Waals surface area contributed by atoms with E-state index in [4.69, 9.17) is 5.73 Å². The number of fused-ring (bicyclic) bond motifs is 1. The molecule has 1 aromatic rings. The highest BCUT2D eigenvalue weighted by molar-refractivity contribution is 5.95. The van der Waals surface area contributed by atoms with Crippen molar-refractivity contribution in [2.24, 2.45) is 5.73 Å². The maximum atomic E-state index is 11.9. The Kier molecular flexibility index (Phi) is 5.95. The second kappa shape index (κ2) is 7.94. The number of rotatable bonds is 7. The molecule has 0 spiro atoms. The predicted octanol–water partition coefficient (Wildman–Crippen LogP) is 2.44. The highest BCUT2D eigenvalue weighted by Gasteiger charge is 2.22. The molecule has 3 N–H and O–H groups in total. The second-order valence-corrected chi connectivity index (χ2v) is 5.77. The molecule has 0 fully saturated rings. The van der Waals surface area contributed by atoms with E-state index >= 15 is 0 Å². The van der Waals surface area contributed by atoms with Gasteiger partial charge in [0.15, 0.2) is 0 Å². The van der Waals surface area contributed by atoms with Gasteiger partial charge < -0.3 is 16.0 Å². The van der Waals surface area contributed by atoms with Crippen molar-refractivity contribution >= 4 is 23.2 Å². The molecule has 22 heavy (non-hydrogen) atoms. The van der Waals surface area contributed by atoms with Crippen molar-refractivity contribution in [3.63, 3.8) is 0 Å². The summed E-state index contributed by atoms with van der Waals surface area (Å²) in [7, 11) is 0. The highest BCUT2D eigenvalue weighted by Crippen LogP contribution is 2.30. The highest BCUT2D eigenvalue weighted by atomic mass is 16.2. The van der Waals surface area contributed by atoms with Crippen LogP contribution in [0.15, 0.2) is 18.2 Å². The quantitative estimate of drug-likeness (QED) is 0.760. The molecule has 0 saturated carbocycles. The van der Waals surface area contributed by atoms with Gasteiger partial charge in [0.1, 0.15) is 0 Å². The summed E-state index contributed by atoms with van der Waals surface area (Å²) in [6.07, 6.45) is 5.44. The van der Waals surface area contributed by atoms with Gasteiger partial charge in [-0.1, -0.05) is 12.8 Å². The van der Waals surface area contributed by atoms with E-state index in [1.54, 1.807) is 11.8 Å². The van der Waals surface area contributed by atoms with Crippen LogP contribution in [0, 0.1) is 0 Å². The zero-order valence-electron chi connectivity index (χ0n) is 13.2. The van der Waals surface area contributed by atoms with Crippen molar-refractivity contribution in [3.05, 3.63) is 23.8 Å². The van der Waals surface area contributed by atoms with Gasteiger partial charge in [-0.25, -0.2) is 0 Å². The van der Waals surface area contributed by atoms with Crippen LogP contribution in [0.5, 0.6) is 0 Å². The van der Waals surface area contributed by atoms with Gasteiger partial charge in [0, 0.05) is 31.3 Å². The Morgan fingerprint density at radius 1 is 1.23 bits per heavy atom. The van der Waals surface area contributed by atoms with Crippen molar-refractivity contribution in [2.45, 2.75) is 45.4 Å². The number of nitrogens with zero attached hydrogens (tertiary/aromatic N) is 1. The fourth-order valence-electron chi connectivity index (χ4n) is 2.81. The Morgan fingerprint density at radius 2 is 2.00 bits per heavy atom. The van der Waals surface area contributed by atoms with Crippen LogP contribution in [0.4, 0.5) is 11.4 Å². The van der Waals surface area contributed by atoms with Gasteiger partial charge in [0.2, 0.25) is 11.8 Å². The third-order valence-electron chi connectivity index (χ3n) is 4.00. The van der Waals surface area contributed by atoms with E-state index in [0.717, 1.165) is 62.1 Å². The summed E-state index contributed by atoms with van der Waals surface area (Å²) in [5.74, 6) is 0.113. The minimum absolute atomic E-state index is 0.0501. The third kappa shape index (κ3) is 4.31. The van der Waals surface area contributed by atoms with Crippen LogP contribution in [0.3, 0.4) is 0 Å². The zero-order valence-corrected chi connectivity index (χ0v) is 13.2. The normalized spacial score (nSPS) is 13.1. The van der Waals surface area contributed by atoms with Crippen LogP contribution in [-0.4, -0.2) is 24.9 Å². The molecule has 1 aromatic carbocycles. The molecule has 2 amide bonds. The molecule has 1 aliphatic heterocycles. The van der Waals surface area contributed by atoms with Crippen LogP contribution in [0.2, 0.25) is 0 Å². The minimum Gasteiger partial charge on any atom is -0.330 e. The summed E-state index contributed by atoms with van der Waals surface area (Å²) >= 11 is 0. The number of carbonyl (C=O) groups is 2. The van der Waals surface area contributed by atoms with Crippen LogP contribution in [-0.2, 0) is 16.0 Å². The number of amides is 2. The molecule has 0 bridgehead atoms. The number of nitrogens with one attached hydrogen (secondary N) is 1. The summed E-state index contributed by atoms with van der Waals surface area (Å²) in [6.45, 7) is 3.03. The summed E-state index contributed by atoms with van der Waals surface area (Å²) in [5.41, 5.74) is 8.34. The second-order valence-electron chi connectivity index (χ2n) is 5.77. The van der Waals surface area contributed by atoms with Crippen LogP contribution in [0.25, 0.3) is 0 Å². The van der Waals surface area contributed by atoms with Crippen molar-refractivity contribution in [2.75, 3.05) is 23.3 Å². The summed E-state index contributed by atoms with van der Waals surface area (Å²) < 4.78 is 0. The molecular weight excluding hydrogens is 278 g/mol. The lowest BCUT2D eigenvalue weighted by molar-refractivity contribution is -0.117. The van der Waals surface area contributed by atoms with Crippen molar-refractivity contribution in [1.29, 1.82) is 0 Å². The third-order valence-corrected chi connectivity index (χ3v) is 4.00. The van der Waals surface area contributed by atoms with Crippen LogP contribution in [0.1, 0.15) is 44.6 Å². The smallest absolute Gasteiger partial charge is 0.224 e. The largest absolute Gasteiger partial charge is 0.330 e. The number of benzene rings is 1. The van der Waals surface area contributed by atoms with Crippen LogP contribution < -0.4 is 16.0 Å². The zero-order chi connectivity index (χ0) is 15.9. The predicted molar refractivity (Wildman–Crippen MR) is 88.9 cm³/mol. The van der Waals surface area contributed by atoms with E-state index in [9.17, 15) is 9.59 Å². The van der Waals surface area contributed by atoms with Gasteiger partial charge in [-0.3, -0.25) is 9.59 Å². The van der Waals surface area contributed by atoms with Gasteiger partial charge in [-0.15, -0.1) is 0 Å². The van der Waals surface area contributed by atoms with E-state index in [1.807, 2.05) is 18.2 Å². The average molecular weight is 303 g/mol. The van der Waals surface area contributed by atoms with Crippen LogP contribution >= 0.6 is 0 Å². The number of nitrogens with two attached hydrogens (primary N) is 1. The molecule has 120 valence electrons. The molecule has 5 nitrogen and oxygen atoms in total. The molecule has 0 atom stereocenters. The first-order valence-electron chi connectivity index (χ1n) is 8.03. The molecular formula is C17H25N3O2. The topological polar surface area (TPSA) is 75.4 Å². The Hall–Kier alpha value is -1.88. The number of hydrogen-bond acceptors (Lipinski definition) is 3. The molecule has 0 unspecified atom stereocenters. The van der Waals surface area contributed by atoms with E-state index in [2.05, 4.69) is 5.32 Å². The molecule has 0 aliphatic carbocycles. The van der Waals surface area contributed by atoms with Crippen molar-refractivity contribution in [3.8, 4) is 0 Å². The van der Waals surface area contributed by atoms with Gasteiger partial charge >= 0.3 is 0 Å². The van der Waals surface area contributed by atoms with Gasteiger partial charge in [0.25, 0.3) is 0 Å². The Labute approximate surface area is 131 Å². The van der Waals surface area contributed by atoms with Gasteiger partial charge in [-0.05, 0) is 49.6 Å². The first kappa shape index (κ1) is 16.5. The van der Waals surface area contributed by atoms with Crippen molar-refractivity contribution in [1.82, 2.24) is 0 Å². The first-order valence-corrected chi connectivity index (χ1v) is 8.03. The monoisotopic (exact) mass is 303 g/mol. The molecule has 2 rings (SSSR count). The minimum atomic E-state index is 0.0501. The number of hydrogen-bond donors (Lipinski definition) is 2. The van der Waals surface area contributed by atoms with Gasteiger partial charge in [-0.2, -0.15) is 0 Å². The molecule has 0 radical (unpaired) electrons. The maximum Gasteiger partial charge on any atom is 0.224 e. The van der Waals surface area contributed by atoms with Crippen molar-refractivity contribution < 1.29 is 9.59 Å². The lowest BCUT2D eigenvalue weighted by atomic mass is 10.1. The summed E-state index contributed by atoms with van der Waals surface area (Å²) in [6, 6.07) is 5.76. The standard InChI is InChI=1S/C17H25N3O2/c1-13(21)20-11-9-14-12-15(7-8-16(14)20)19-17(22)6-4-2-3-5-10-18/h7-8,12H,2-6,9-11,18H2,1H3,(H,19,22). The van der Waals surface area contributed by atoms with Gasteiger partial charge in [0.05, 0.1) is 0 Å². The average Bonchev–Trinajstić information content (AvgIpc) is 2.90. The fraction of sp³-hybridized carbons (Fsp3) is 0.529. The molecule has 0 saturated heterocycles. The molecule has 1 heterocycles. The van der Waals surface area contributed by atoms with E-state index < -0.39 is 0 Å². The Balaban J connectivity index is 1.84. The fourth-order valence-corrected chi connectivity index (χ4v) is 2.81. The summed E-state index contributed by atoms with van der Waals surface area (Å²) in [5, 5.41) is 2.94. The molecule has 0 aromatic heterocycles. The maximum absolute atomic E-state index is 11.9. The number of carbonyl (C=O) groups excluding carboxylic acids is 2. The van der Waals surface area contributed by atoms with E-state index in [-0.39, 0.29) is 11.8 Å². The van der Waals surface area contributed by atoms with E-state index in [1.165, 1.54) is 0 Å². The molecule has 1 aliphatic rings. The molecule has 5 heteroatoms. The SMILES string of the molecule is CC(=O)N1CCc2cc(NC(=O)CCCCCCN)ccc21. The number of anilines is 2. The summed E-state index contributed by atoms with van der Waals surface area (Å²) in [4.78, 5) is 25.2. The Morgan fingerprint density at radius 3 is 2.73 bits per heavy atom. The first-order chi connectivity index (χ1) is 10.6. The van der Waals surface area contributed by atoms with E-state index in [0.29, 0.717) is 6.42 Å².